The average Bonchev–Trinajstić information content (AvgIpc) is 2.42. The molecule has 0 atom stereocenters. The van der Waals surface area contributed by atoms with Crippen molar-refractivity contribution in [3.05, 3.63) is 59.2 Å². The van der Waals surface area contributed by atoms with Crippen molar-refractivity contribution in [2.75, 3.05) is 5.32 Å². The monoisotopic (exact) mass is 250 g/mol. The predicted octanol–water partition coefficient (Wildman–Crippen LogP) is 4.56. The van der Waals surface area contributed by atoms with Crippen molar-refractivity contribution < 1.29 is 0 Å². The predicted molar refractivity (Wildman–Crippen MR) is 79.6 cm³/mol. The maximum atomic E-state index is 9.11. The minimum Gasteiger partial charge on any atom is -0.354 e. The van der Waals surface area contributed by atoms with Gasteiger partial charge in [0.1, 0.15) is 6.07 Å². The van der Waals surface area contributed by atoms with Gasteiger partial charge in [0.15, 0.2) is 0 Å². The summed E-state index contributed by atoms with van der Waals surface area (Å²) in [6.07, 6.45) is 2.26. The summed E-state index contributed by atoms with van der Waals surface area (Å²) in [5.74, 6) is 0. The van der Waals surface area contributed by atoms with E-state index in [4.69, 9.17) is 5.26 Å². The highest BCUT2D eigenvalue weighted by molar-refractivity contribution is 5.67. The fourth-order valence-corrected chi connectivity index (χ4v) is 2.06. The van der Waals surface area contributed by atoms with Crippen LogP contribution in [0.2, 0.25) is 0 Å². The normalized spacial score (nSPS) is 9.95. The molecular formula is C17H18N2. The van der Waals surface area contributed by atoms with Crippen LogP contribution in [0.3, 0.4) is 0 Å². The summed E-state index contributed by atoms with van der Waals surface area (Å²) in [6, 6.07) is 16.4. The molecule has 0 bridgehead atoms. The zero-order valence-corrected chi connectivity index (χ0v) is 11.4. The minimum atomic E-state index is 0.670. The quantitative estimate of drug-likeness (QED) is 0.863. The number of benzene rings is 2. The molecule has 0 saturated carbocycles. The highest BCUT2D eigenvalue weighted by atomic mass is 14.9. The molecule has 0 radical (unpaired) electrons. The molecule has 0 aliphatic carbocycles. The Kier molecular flexibility index (Phi) is 4.20. The lowest BCUT2D eigenvalue weighted by Gasteiger charge is -2.10. The van der Waals surface area contributed by atoms with Crippen LogP contribution in [0.15, 0.2) is 42.5 Å². The van der Waals surface area contributed by atoms with E-state index >= 15 is 0 Å². The van der Waals surface area contributed by atoms with Crippen molar-refractivity contribution in [1.82, 2.24) is 0 Å². The molecule has 2 aromatic carbocycles. The third-order valence-electron chi connectivity index (χ3n) is 3.07. The van der Waals surface area contributed by atoms with E-state index in [2.05, 4.69) is 42.6 Å². The molecular weight excluding hydrogens is 232 g/mol. The van der Waals surface area contributed by atoms with Crippen molar-refractivity contribution in [2.24, 2.45) is 0 Å². The van der Waals surface area contributed by atoms with Gasteiger partial charge in [0.2, 0.25) is 0 Å². The Balaban J connectivity index is 2.21. The van der Waals surface area contributed by atoms with Gasteiger partial charge in [0.25, 0.3) is 0 Å². The van der Waals surface area contributed by atoms with Gasteiger partial charge in [-0.2, -0.15) is 5.26 Å². The molecule has 0 aliphatic rings. The Bertz CT molecular complexity index is 592. The summed E-state index contributed by atoms with van der Waals surface area (Å²) in [7, 11) is 0. The van der Waals surface area contributed by atoms with Crippen LogP contribution in [0, 0.1) is 18.3 Å². The standard InChI is InChI=1S/C17H18N2/c1-3-4-14-6-9-16(10-7-14)19-17-11-13(2)5-8-15(17)12-18/h5-11,19H,3-4H2,1-2H3. The zero-order valence-electron chi connectivity index (χ0n) is 11.4. The molecule has 2 nitrogen and oxygen atoms in total. The Morgan fingerprint density at radius 3 is 2.47 bits per heavy atom. The highest BCUT2D eigenvalue weighted by Gasteiger charge is 2.02. The number of aryl methyl sites for hydroxylation is 2. The first kappa shape index (κ1) is 13.2. The molecule has 0 amide bonds. The van der Waals surface area contributed by atoms with E-state index in [1.165, 1.54) is 5.56 Å². The Morgan fingerprint density at radius 2 is 1.84 bits per heavy atom. The summed E-state index contributed by atoms with van der Waals surface area (Å²) in [5.41, 5.74) is 5.04. The third-order valence-corrected chi connectivity index (χ3v) is 3.07. The van der Waals surface area contributed by atoms with Crippen LogP contribution in [0.4, 0.5) is 11.4 Å². The third kappa shape index (κ3) is 3.35. The molecule has 0 heterocycles. The molecule has 2 aromatic rings. The SMILES string of the molecule is CCCc1ccc(Nc2cc(C)ccc2C#N)cc1. The van der Waals surface area contributed by atoms with Crippen LogP contribution in [-0.4, -0.2) is 0 Å². The van der Waals surface area contributed by atoms with E-state index < -0.39 is 0 Å². The van der Waals surface area contributed by atoms with Crippen molar-refractivity contribution in [3.63, 3.8) is 0 Å². The van der Waals surface area contributed by atoms with Gasteiger partial charge in [-0.15, -0.1) is 0 Å². The van der Waals surface area contributed by atoms with E-state index in [1.807, 2.05) is 25.1 Å². The molecule has 96 valence electrons. The Morgan fingerprint density at radius 1 is 1.11 bits per heavy atom. The van der Waals surface area contributed by atoms with E-state index in [9.17, 15) is 0 Å². The first-order chi connectivity index (χ1) is 9.22. The number of hydrogen-bond donors (Lipinski definition) is 1. The zero-order chi connectivity index (χ0) is 13.7. The van der Waals surface area contributed by atoms with E-state index in [1.54, 1.807) is 0 Å². The molecule has 0 aromatic heterocycles. The molecule has 0 unspecified atom stereocenters. The second-order valence-corrected chi connectivity index (χ2v) is 4.73. The largest absolute Gasteiger partial charge is 0.354 e. The fourth-order valence-electron chi connectivity index (χ4n) is 2.06. The van der Waals surface area contributed by atoms with Crippen molar-refractivity contribution in [3.8, 4) is 6.07 Å². The van der Waals surface area contributed by atoms with Gasteiger partial charge < -0.3 is 5.32 Å². The van der Waals surface area contributed by atoms with Crippen LogP contribution in [0.1, 0.15) is 30.0 Å². The van der Waals surface area contributed by atoms with Crippen LogP contribution < -0.4 is 5.32 Å². The molecule has 1 N–H and O–H groups in total. The number of anilines is 2. The van der Waals surface area contributed by atoms with Gasteiger partial charge in [-0.1, -0.05) is 31.5 Å². The molecule has 2 rings (SSSR count). The van der Waals surface area contributed by atoms with E-state index in [0.29, 0.717) is 5.56 Å². The fraction of sp³-hybridized carbons (Fsp3) is 0.235. The van der Waals surface area contributed by atoms with Gasteiger partial charge in [-0.05, 0) is 48.7 Å². The lowest BCUT2D eigenvalue weighted by Crippen LogP contribution is -1.94. The van der Waals surface area contributed by atoms with Crippen molar-refractivity contribution in [2.45, 2.75) is 26.7 Å². The molecule has 19 heavy (non-hydrogen) atoms. The topological polar surface area (TPSA) is 35.8 Å². The van der Waals surface area contributed by atoms with E-state index in [0.717, 1.165) is 29.8 Å². The maximum Gasteiger partial charge on any atom is 0.101 e. The van der Waals surface area contributed by atoms with Crippen LogP contribution in [0.5, 0.6) is 0 Å². The summed E-state index contributed by atoms with van der Waals surface area (Å²) in [5, 5.41) is 12.4. The molecule has 2 heteroatoms. The van der Waals surface area contributed by atoms with Crippen LogP contribution in [0.25, 0.3) is 0 Å². The first-order valence-corrected chi connectivity index (χ1v) is 6.59. The number of nitrogens with zero attached hydrogens (tertiary/aromatic N) is 1. The maximum absolute atomic E-state index is 9.11. The number of nitriles is 1. The second kappa shape index (κ2) is 6.06. The average molecular weight is 250 g/mol. The van der Waals surface area contributed by atoms with Gasteiger partial charge in [0, 0.05) is 5.69 Å². The van der Waals surface area contributed by atoms with Crippen LogP contribution in [-0.2, 0) is 6.42 Å². The smallest absolute Gasteiger partial charge is 0.101 e. The van der Waals surface area contributed by atoms with Gasteiger partial charge >= 0.3 is 0 Å². The molecule has 0 fully saturated rings. The van der Waals surface area contributed by atoms with Crippen molar-refractivity contribution in [1.29, 1.82) is 5.26 Å². The molecule has 0 aliphatic heterocycles. The minimum absolute atomic E-state index is 0.670. The number of hydrogen-bond acceptors (Lipinski definition) is 2. The summed E-state index contributed by atoms with van der Waals surface area (Å²) in [6.45, 7) is 4.20. The second-order valence-electron chi connectivity index (χ2n) is 4.73. The van der Waals surface area contributed by atoms with Gasteiger partial charge in [-0.25, -0.2) is 0 Å². The number of rotatable bonds is 4. The lowest BCUT2D eigenvalue weighted by atomic mass is 10.1. The van der Waals surface area contributed by atoms with Gasteiger partial charge in [-0.3, -0.25) is 0 Å². The van der Waals surface area contributed by atoms with Crippen molar-refractivity contribution >= 4 is 11.4 Å². The van der Waals surface area contributed by atoms with Crippen LogP contribution >= 0.6 is 0 Å². The Labute approximate surface area is 114 Å². The highest BCUT2D eigenvalue weighted by Crippen LogP contribution is 2.22. The summed E-state index contributed by atoms with van der Waals surface area (Å²) in [4.78, 5) is 0. The summed E-state index contributed by atoms with van der Waals surface area (Å²) >= 11 is 0. The number of nitrogens with one attached hydrogen (secondary N) is 1. The van der Waals surface area contributed by atoms with E-state index in [-0.39, 0.29) is 0 Å². The first-order valence-electron chi connectivity index (χ1n) is 6.59. The van der Waals surface area contributed by atoms with Gasteiger partial charge in [0.05, 0.1) is 11.3 Å². The Hall–Kier alpha value is -2.27. The summed E-state index contributed by atoms with van der Waals surface area (Å²) < 4.78 is 0. The molecule has 0 spiro atoms. The lowest BCUT2D eigenvalue weighted by molar-refractivity contribution is 0.922. The molecule has 0 saturated heterocycles.